The van der Waals surface area contributed by atoms with Crippen LogP contribution >= 0.6 is 11.6 Å². The second kappa shape index (κ2) is 5.24. The highest BCUT2D eigenvalue weighted by Crippen LogP contribution is 2.22. The van der Waals surface area contributed by atoms with Gasteiger partial charge in [-0.1, -0.05) is 17.7 Å². The number of rotatable bonds is 1. The van der Waals surface area contributed by atoms with Crippen molar-refractivity contribution < 1.29 is 13.9 Å². The number of hydrogen-bond acceptors (Lipinski definition) is 2. The molecule has 0 aliphatic carbocycles. The zero-order chi connectivity index (χ0) is 13.3. The standard InChI is InChI=1S/C13H15ClFNO2/c1-8-6-16(7-9(2)18-8)13(17)12-10(14)4-3-5-11(12)15/h3-5,8-9H,6-7H2,1-2H3/t8-,9-/m0/s1. The van der Waals surface area contributed by atoms with Crippen LogP contribution in [0.3, 0.4) is 0 Å². The minimum absolute atomic E-state index is 0.0525. The molecule has 0 saturated carbocycles. The lowest BCUT2D eigenvalue weighted by Crippen LogP contribution is -2.48. The molecule has 1 aliphatic rings. The van der Waals surface area contributed by atoms with E-state index in [4.69, 9.17) is 16.3 Å². The summed E-state index contributed by atoms with van der Waals surface area (Å²) in [5, 5.41) is 0.145. The molecule has 5 heteroatoms. The quantitative estimate of drug-likeness (QED) is 0.786. The smallest absolute Gasteiger partial charge is 0.258 e. The average Bonchev–Trinajstić information content (AvgIpc) is 2.27. The van der Waals surface area contributed by atoms with Crippen LogP contribution in [-0.4, -0.2) is 36.1 Å². The fraction of sp³-hybridized carbons (Fsp3) is 0.462. The number of carbonyl (C=O) groups excluding carboxylic acids is 1. The minimum atomic E-state index is -0.584. The van der Waals surface area contributed by atoms with Crippen LogP contribution in [0, 0.1) is 5.82 Å². The van der Waals surface area contributed by atoms with E-state index in [9.17, 15) is 9.18 Å². The summed E-state index contributed by atoms with van der Waals surface area (Å²) in [6.07, 6.45) is -0.105. The monoisotopic (exact) mass is 271 g/mol. The summed E-state index contributed by atoms with van der Waals surface area (Å²) >= 11 is 5.90. The molecule has 0 aromatic heterocycles. The molecule has 1 aliphatic heterocycles. The Morgan fingerprint density at radius 3 is 2.56 bits per heavy atom. The van der Waals surface area contributed by atoms with E-state index in [1.807, 2.05) is 13.8 Å². The van der Waals surface area contributed by atoms with Crippen molar-refractivity contribution in [3.63, 3.8) is 0 Å². The van der Waals surface area contributed by atoms with Crippen LogP contribution in [0.2, 0.25) is 5.02 Å². The third kappa shape index (κ3) is 2.65. The van der Waals surface area contributed by atoms with Crippen molar-refractivity contribution in [1.82, 2.24) is 4.90 Å². The number of nitrogens with zero attached hydrogens (tertiary/aromatic N) is 1. The number of carbonyl (C=O) groups is 1. The maximum atomic E-state index is 13.7. The maximum absolute atomic E-state index is 13.7. The summed E-state index contributed by atoms with van der Waals surface area (Å²) in [4.78, 5) is 13.9. The van der Waals surface area contributed by atoms with Crippen LogP contribution in [0.1, 0.15) is 24.2 Å². The van der Waals surface area contributed by atoms with Crippen LogP contribution in [0.4, 0.5) is 4.39 Å². The van der Waals surface area contributed by atoms with E-state index in [0.717, 1.165) is 0 Å². The Hall–Kier alpha value is -1.13. The van der Waals surface area contributed by atoms with E-state index in [1.165, 1.54) is 18.2 Å². The topological polar surface area (TPSA) is 29.5 Å². The Morgan fingerprint density at radius 1 is 1.39 bits per heavy atom. The molecule has 2 atom stereocenters. The third-order valence-corrected chi connectivity index (χ3v) is 3.20. The average molecular weight is 272 g/mol. The lowest BCUT2D eigenvalue weighted by atomic mass is 10.1. The van der Waals surface area contributed by atoms with Crippen molar-refractivity contribution in [1.29, 1.82) is 0 Å². The Morgan fingerprint density at radius 2 is 2.00 bits per heavy atom. The van der Waals surface area contributed by atoms with Gasteiger partial charge in [0, 0.05) is 13.1 Å². The molecule has 1 heterocycles. The van der Waals surface area contributed by atoms with Crippen molar-refractivity contribution in [3.05, 3.63) is 34.6 Å². The Labute approximate surface area is 110 Å². The van der Waals surface area contributed by atoms with Gasteiger partial charge < -0.3 is 9.64 Å². The number of morpholine rings is 1. The molecule has 0 bridgehead atoms. The molecule has 0 radical (unpaired) electrons. The first kappa shape index (κ1) is 13.3. The largest absolute Gasteiger partial charge is 0.372 e. The molecule has 1 aromatic carbocycles. The van der Waals surface area contributed by atoms with E-state index in [-0.39, 0.29) is 28.7 Å². The van der Waals surface area contributed by atoms with Crippen molar-refractivity contribution in [3.8, 4) is 0 Å². The van der Waals surface area contributed by atoms with Gasteiger partial charge in [0.15, 0.2) is 0 Å². The number of amides is 1. The number of halogens is 2. The summed E-state index contributed by atoms with van der Waals surface area (Å²) in [6, 6.07) is 4.25. The fourth-order valence-corrected chi connectivity index (χ4v) is 2.45. The van der Waals surface area contributed by atoms with E-state index >= 15 is 0 Å². The predicted octanol–water partition coefficient (Wildman–Crippen LogP) is 2.73. The second-order valence-corrected chi connectivity index (χ2v) is 4.97. The van der Waals surface area contributed by atoms with Gasteiger partial charge in [-0.25, -0.2) is 4.39 Å². The van der Waals surface area contributed by atoms with Crippen LogP contribution in [-0.2, 0) is 4.74 Å². The first-order chi connectivity index (χ1) is 8.49. The van der Waals surface area contributed by atoms with Gasteiger partial charge in [-0.3, -0.25) is 4.79 Å². The third-order valence-electron chi connectivity index (χ3n) is 2.88. The molecule has 98 valence electrons. The number of hydrogen-bond donors (Lipinski definition) is 0. The highest BCUT2D eigenvalue weighted by atomic mass is 35.5. The van der Waals surface area contributed by atoms with Crippen LogP contribution in [0.25, 0.3) is 0 Å². The summed E-state index contributed by atoms with van der Waals surface area (Å²) < 4.78 is 19.2. The predicted molar refractivity (Wildman–Crippen MR) is 67.3 cm³/mol. The van der Waals surface area contributed by atoms with Crippen LogP contribution in [0.5, 0.6) is 0 Å². The van der Waals surface area contributed by atoms with Gasteiger partial charge in [0.2, 0.25) is 0 Å². The first-order valence-electron chi connectivity index (χ1n) is 5.87. The van der Waals surface area contributed by atoms with Crippen molar-refractivity contribution >= 4 is 17.5 Å². The van der Waals surface area contributed by atoms with Gasteiger partial charge in [0.25, 0.3) is 5.91 Å². The normalized spacial score (nSPS) is 24.1. The molecule has 3 nitrogen and oxygen atoms in total. The van der Waals surface area contributed by atoms with Crippen molar-refractivity contribution in [2.45, 2.75) is 26.1 Å². The van der Waals surface area contributed by atoms with Crippen molar-refractivity contribution in [2.24, 2.45) is 0 Å². The Balaban J connectivity index is 2.26. The lowest BCUT2D eigenvalue weighted by molar-refractivity contribution is -0.0587. The van der Waals surface area contributed by atoms with E-state index in [1.54, 1.807) is 4.90 Å². The van der Waals surface area contributed by atoms with E-state index in [0.29, 0.717) is 13.1 Å². The molecule has 0 spiro atoms. The molecule has 1 fully saturated rings. The first-order valence-corrected chi connectivity index (χ1v) is 6.25. The van der Waals surface area contributed by atoms with E-state index in [2.05, 4.69) is 0 Å². The molecule has 0 unspecified atom stereocenters. The summed E-state index contributed by atoms with van der Waals surface area (Å²) in [5.74, 6) is -0.959. The van der Waals surface area contributed by atoms with Crippen LogP contribution in [0.15, 0.2) is 18.2 Å². The van der Waals surface area contributed by atoms with Gasteiger partial charge in [-0.2, -0.15) is 0 Å². The zero-order valence-electron chi connectivity index (χ0n) is 10.3. The zero-order valence-corrected chi connectivity index (χ0v) is 11.1. The van der Waals surface area contributed by atoms with Gasteiger partial charge >= 0.3 is 0 Å². The van der Waals surface area contributed by atoms with E-state index < -0.39 is 5.82 Å². The van der Waals surface area contributed by atoms with Gasteiger partial charge in [0.1, 0.15) is 5.82 Å². The molecular formula is C13H15ClFNO2. The van der Waals surface area contributed by atoms with Crippen molar-refractivity contribution in [2.75, 3.05) is 13.1 Å². The van der Waals surface area contributed by atoms with Gasteiger partial charge in [0.05, 0.1) is 22.8 Å². The lowest BCUT2D eigenvalue weighted by Gasteiger charge is -2.35. The number of ether oxygens (including phenoxy) is 1. The highest BCUT2D eigenvalue weighted by Gasteiger charge is 2.29. The SMILES string of the molecule is C[C@H]1CN(C(=O)c2c(F)cccc2Cl)C[C@H](C)O1. The Kier molecular flexibility index (Phi) is 3.88. The van der Waals surface area contributed by atoms with Gasteiger partial charge in [-0.15, -0.1) is 0 Å². The summed E-state index contributed by atoms with van der Waals surface area (Å²) in [6.45, 7) is 4.68. The molecule has 1 amide bonds. The molecule has 18 heavy (non-hydrogen) atoms. The second-order valence-electron chi connectivity index (χ2n) is 4.56. The molecule has 2 rings (SSSR count). The minimum Gasteiger partial charge on any atom is -0.372 e. The van der Waals surface area contributed by atoms with Gasteiger partial charge in [-0.05, 0) is 26.0 Å². The number of benzene rings is 1. The van der Waals surface area contributed by atoms with Crippen LogP contribution < -0.4 is 0 Å². The molecule has 0 N–H and O–H groups in total. The fourth-order valence-electron chi connectivity index (χ4n) is 2.20. The molecule has 1 aromatic rings. The molecular weight excluding hydrogens is 257 g/mol. The summed E-state index contributed by atoms with van der Waals surface area (Å²) in [7, 11) is 0. The highest BCUT2D eigenvalue weighted by molar-refractivity contribution is 6.33. The maximum Gasteiger partial charge on any atom is 0.258 e. The molecule has 1 saturated heterocycles. The summed E-state index contributed by atoms with van der Waals surface area (Å²) in [5.41, 5.74) is -0.0551. The Bertz CT molecular complexity index is 436.